The first-order chi connectivity index (χ1) is 12.9. The predicted octanol–water partition coefficient (Wildman–Crippen LogP) is 3.64. The van der Waals surface area contributed by atoms with Gasteiger partial charge in [0.2, 0.25) is 5.91 Å². The lowest BCUT2D eigenvalue weighted by molar-refractivity contribution is -0.130. The number of thioether (sulfide) groups is 1. The largest absolute Gasteiger partial charge is 0.338 e. The summed E-state index contributed by atoms with van der Waals surface area (Å²) in [5, 5.41) is 2.00. The Balaban J connectivity index is 1.61. The van der Waals surface area contributed by atoms with Gasteiger partial charge in [0.05, 0.1) is 23.0 Å². The lowest BCUT2D eigenvalue weighted by Crippen LogP contribution is -2.42. The van der Waals surface area contributed by atoms with Crippen molar-refractivity contribution >= 4 is 38.8 Å². The fourth-order valence-corrected chi connectivity index (χ4v) is 6.61. The van der Waals surface area contributed by atoms with Crippen LogP contribution in [0, 0.1) is 6.92 Å². The molecule has 146 valence electrons. The number of carbonyl (C=O) groups excluding carboxylic acids is 1. The molecule has 1 aliphatic rings. The molecule has 1 fully saturated rings. The number of rotatable bonds is 7. The second kappa shape index (κ2) is 8.75. The number of hydrogen-bond acceptors (Lipinski definition) is 6. The number of carbonyl (C=O) groups is 1. The molecule has 2 heterocycles. The summed E-state index contributed by atoms with van der Waals surface area (Å²) < 4.78 is 24.4. The van der Waals surface area contributed by atoms with Crippen LogP contribution in [0.2, 0.25) is 0 Å². The summed E-state index contributed by atoms with van der Waals surface area (Å²) in [5.41, 5.74) is 3.19. The number of aryl methyl sites for hydroxylation is 1. The molecule has 1 atom stereocenters. The van der Waals surface area contributed by atoms with E-state index in [0.717, 1.165) is 22.0 Å². The summed E-state index contributed by atoms with van der Waals surface area (Å²) in [5.74, 6) is 0.566. The van der Waals surface area contributed by atoms with Gasteiger partial charge in [-0.15, -0.1) is 11.3 Å². The smallest absolute Gasteiger partial charge is 0.233 e. The number of nitrogens with zero attached hydrogens (tertiary/aromatic N) is 2. The highest BCUT2D eigenvalue weighted by Crippen LogP contribution is 2.29. The third-order valence-corrected chi connectivity index (χ3v) is 8.34. The van der Waals surface area contributed by atoms with Crippen LogP contribution < -0.4 is 0 Å². The molecule has 1 amide bonds. The van der Waals surface area contributed by atoms with Crippen molar-refractivity contribution in [1.29, 1.82) is 0 Å². The van der Waals surface area contributed by atoms with Crippen LogP contribution in [0.1, 0.15) is 25.3 Å². The third kappa shape index (κ3) is 5.33. The van der Waals surface area contributed by atoms with E-state index in [4.69, 9.17) is 0 Å². The fourth-order valence-electron chi connectivity index (χ4n) is 3.16. The van der Waals surface area contributed by atoms with Gasteiger partial charge >= 0.3 is 0 Å². The summed E-state index contributed by atoms with van der Waals surface area (Å²) in [6.07, 6.45) is 1.37. The second-order valence-corrected chi connectivity index (χ2v) is 11.1. The Morgan fingerprint density at radius 2 is 2.07 bits per heavy atom. The van der Waals surface area contributed by atoms with Gasteiger partial charge in [-0.05, 0) is 19.8 Å². The third-order valence-electron chi connectivity index (χ3n) is 4.58. The zero-order valence-electron chi connectivity index (χ0n) is 15.6. The minimum atomic E-state index is -3.00. The average molecular weight is 425 g/mol. The van der Waals surface area contributed by atoms with E-state index < -0.39 is 9.84 Å². The predicted molar refractivity (Wildman–Crippen MR) is 112 cm³/mol. The van der Waals surface area contributed by atoms with E-state index in [-0.39, 0.29) is 29.2 Å². The van der Waals surface area contributed by atoms with E-state index in [1.165, 1.54) is 28.7 Å². The molecule has 0 saturated carbocycles. The van der Waals surface area contributed by atoms with Gasteiger partial charge in [-0.2, -0.15) is 0 Å². The quantitative estimate of drug-likeness (QED) is 0.635. The molecule has 0 spiro atoms. The molecular formula is C19H24N2O3S3. The monoisotopic (exact) mass is 424 g/mol. The van der Waals surface area contributed by atoms with Crippen LogP contribution >= 0.6 is 23.1 Å². The fraction of sp³-hybridized carbons (Fsp3) is 0.474. The Bertz CT molecular complexity index is 891. The molecule has 0 N–H and O–H groups in total. The highest BCUT2D eigenvalue weighted by Gasteiger charge is 2.34. The van der Waals surface area contributed by atoms with Gasteiger partial charge in [0.25, 0.3) is 0 Å². The van der Waals surface area contributed by atoms with Crippen molar-refractivity contribution in [2.75, 3.05) is 23.8 Å². The molecule has 0 bridgehead atoms. The van der Waals surface area contributed by atoms with Crippen molar-refractivity contribution < 1.29 is 13.2 Å². The van der Waals surface area contributed by atoms with E-state index in [0.29, 0.717) is 13.0 Å². The first kappa shape index (κ1) is 20.4. The number of benzene rings is 1. The highest BCUT2D eigenvalue weighted by atomic mass is 32.2. The minimum absolute atomic E-state index is 0.00367. The maximum Gasteiger partial charge on any atom is 0.233 e. The topological polar surface area (TPSA) is 67.3 Å². The number of sulfone groups is 1. The summed E-state index contributed by atoms with van der Waals surface area (Å²) in [6.45, 7) is 4.66. The standard InChI is InChI=1S/C19H24N2O3S3/c1-3-9-21(16-8-10-27(23,24)13-16)18(22)12-26-19-20-17(11-25-19)15-6-4-14(2)5-7-15/h4-7,11,16H,3,8-10,12-13H2,1-2H3/t16-/m0/s1. The summed E-state index contributed by atoms with van der Waals surface area (Å²) >= 11 is 2.96. The Hall–Kier alpha value is -1.38. The molecule has 0 aliphatic carbocycles. The zero-order valence-corrected chi connectivity index (χ0v) is 18.0. The van der Waals surface area contributed by atoms with Gasteiger partial charge in [-0.3, -0.25) is 4.79 Å². The lowest BCUT2D eigenvalue weighted by atomic mass is 10.1. The van der Waals surface area contributed by atoms with E-state index >= 15 is 0 Å². The second-order valence-electron chi connectivity index (χ2n) is 6.80. The van der Waals surface area contributed by atoms with Crippen molar-refractivity contribution in [3.63, 3.8) is 0 Å². The van der Waals surface area contributed by atoms with E-state index in [9.17, 15) is 13.2 Å². The molecule has 3 rings (SSSR count). The Morgan fingerprint density at radius 1 is 1.33 bits per heavy atom. The Morgan fingerprint density at radius 3 is 2.70 bits per heavy atom. The van der Waals surface area contributed by atoms with Gasteiger partial charge in [-0.1, -0.05) is 48.5 Å². The first-order valence-electron chi connectivity index (χ1n) is 9.03. The van der Waals surface area contributed by atoms with Crippen molar-refractivity contribution in [2.24, 2.45) is 0 Å². The van der Waals surface area contributed by atoms with Crippen molar-refractivity contribution in [2.45, 2.75) is 37.1 Å². The molecule has 1 aliphatic heterocycles. The molecule has 5 nitrogen and oxygen atoms in total. The Labute approximate surface area is 169 Å². The summed E-state index contributed by atoms with van der Waals surface area (Å²) in [4.78, 5) is 19.1. The number of hydrogen-bond donors (Lipinski definition) is 0. The van der Waals surface area contributed by atoms with Crippen LogP contribution in [0.25, 0.3) is 11.3 Å². The molecular weight excluding hydrogens is 400 g/mol. The highest BCUT2D eigenvalue weighted by molar-refractivity contribution is 8.01. The van der Waals surface area contributed by atoms with Crippen molar-refractivity contribution in [1.82, 2.24) is 9.88 Å². The molecule has 2 aromatic rings. The van der Waals surface area contributed by atoms with Crippen LogP contribution in [0.5, 0.6) is 0 Å². The number of aromatic nitrogens is 1. The van der Waals surface area contributed by atoms with Crippen LogP contribution in [0.4, 0.5) is 0 Å². The molecule has 27 heavy (non-hydrogen) atoms. The van der Waals surface area contributed by atoms with Crippen LogP contribution in [0.3, 0.4) is 0 Å². The SMILES string of the molecule is CCCN(C(=O)CSc1nc(-c2ccc(C)cc2)cs1)[C@H]1CCS(=O)(=O)C1. The number of thiazole rings is 1. The van der Waals surface area contributed by atoms with Crippen molar-refractivity contribution in [3.8, 4) is 11.3 Å². The molecule has 1 aromatic carbocycles. The van der Waals surface area contributed by atoms with E-state index in [1.54, 1.807) is 4.90 Å². The van der Waals surface area contributed by atoms with Gasteiger partial charge in [0.15, 0.2) is 14.2 Å². The molecule has 1 saturated heterocycles. The maximum atomic E-state index is 12.7. The van der Waals surface area contributed by atoms with Gasteiger partial charge < -0.3 is 4.90 Å². The lowest BCUT2D eigenvalue weighted by Gasteiger charge is -2.27. The minimum Gasteiger partial charge on any atom is -0.338 e. The Kier molecular flexibility index (Phi) is 6.60. The molecule has 8 heteroatoms. The van der Waals surface area contributed by atoms with Crippen LogP contribution in [0.15, 0.2) is 34.0 Å². The average Bonchev–Trinajstić information content (AvgIpc) is 3.24. The molecule has 0 unspecified atom stereocenters. The number of amides is 1. The van der Waals surface area contributed by atoms with Crippen molar-refractivity contribution in [3.05, 3.63) is 35.2 Å². The summed E-state index contributed by atoms with van der Waals surface area (Å²) in [7, 11) is -3.00. The van der Waals surface area contributed by atoms with Gasteiger partial charge in [-0.25, -0.2) is 13.4 Å². The molecule has 1 aromatic heterocycles. The van der Waals surface area contributed by atoms with Crippen LogP contribution in [-0.4, -0.2) is 54.1 Å². The zero-order chi connectivity index (χ0) is 19.4. The van der Waals surface area contributed by atoms with Gasteiger partial charge in [0, 0.05) is 23.5 Å². The van der Waals surface area contributed by atoms with Gasteiger partial charge in [0.1, 0.15) is 0 Å². The maximum absolute atomic E-state index is 12.7. The van der Waals surface area contributed by atoms with Crippen LogP contribution in [-0.2, 0) is 14.6 Å². The normalized spacial score (nSPS) is 18.5. The van der Waals surface area contributed by atoms with E-state index in [1.807, 2.05) is 24.4 Å². The van der Waals surface area contributed by atoms with E-state index in [2.05, 4.69) is 24.0 Å². The summed E-state index contributed by atoms with van der Waals surface area (Å²) in [6, 6.07) is 8.04. The molecule has 0 radical (unpaired) electrons. The first-order valence-corrected chi connectivity index (χ1v) is 12.7.